The highest BCUT2D eigenvalue weighted by Gasteiger charge is 2.19. The van der Waals surface area contributed by atoms with E-state index in [-0.39, 0.29) is 10.8 Å². The first-order chi connectivity index (χ1) is 12.7. The molecule has 2 aromatic rings. The van der Waals surface area contributed by atoms with Crippen LogP contribution in [0.3, 0.4) is 0 Å². The third-order valence-corrected chi connectivity index (χ3v) is 5.89. The Labute approximate surface area is 162 Å². The van der Waals surface area contributed by atoms with Crippen LogP contribution >= 0.6 is 11.6 Å². The van der Waals surface area contributed by atoms with Gasteiger partial charge >= 0.3 is 0 Å². The molecule has 1 saturated carbocycles. The summed E-state index contributed by atoms with van der Waals surface area (Å²) in [6, 6.07) is 13.5. The number of rotatable bonds is 6. The van der Waals surface area contributed by atoms with Crippen molar-refractivity contribution >= 4 is 11.6 Å². The molecular formula is C24H28ClF. The first-order valence-corrected chi connectivity index (χ1v) is 10.2. The predicted molar refractivity (Wildman–Crippen MR) is 110 cm³/mol. The van der Waals surface area contributed by atoms with Crippen molar-refractivity contribution in [2.75, 3.05) is 0 Å². The fourth-order valence-electron chi connectivity index (χ4n) is 3.91. The minimum atomic E-state index is -0.363. The standard InChI is InChI=1S/C24H28ClF/c1-2-3-4-18-5-7-19(8-6-18)9-10-20-11-13-21(14-12-20)22-15-16-23(25)24(26)17-22/h3-4,11-19H,2,5-10H2,1H3/t18-,19-. The normalized spacial score (nSPS) is 20.6. The van der Waals surface area contributed by atoms with Gasteiger partial charge in [-0.25, -0.2) is 4.39 Å². The molecule has 0 aromatic heterocycles. The fourth-order valence-corrected chi connectivity index (χ4v) is 4.03. The topological polar surface area (TPSA) is 0 Å². The molecule has 0 spiro atoms. The molecule has 1 aliphatic rings. The van der Waals surface area contributed by atoms with Crippen LogP contribution in [0.25, 0.3) is 11.1 Å². The second kappa shape index (κ2) is 9.37. The molecule has 3 rings (SSSR count). The molecule has 0 unspecified atom stereocenters. The summed E-state index contributed by atoms with van der Waals surface area (Å²) in [4.78, 5) is 0. The van der Waals surface area contributed by atoms with Crippen LogP contribution in [0.2, 0.25) is 5.02 Å². The van der Waals surface area contributed by atoms with Gasteiger partial charge in [0.2, 0.25) is 0 Å². The van der Waals surface area contributed by atoms with E-state index in [0.29, 0.717) is 0 Å². The molecule has 0 N–H and O–H groups in total. The van der Waals surface area contributed by atoms with Crippen molar-refractivity contribution in [3.05, 3.63) is 71.0 Å². The van der Waals surface area contributed by atoms with Gasteiger partial charge in [-0.15, -0.1) is 0 Å². The van der Waals surface area contributed by atoms with Crippen LogP contribution in [0, 0.1) is 17.7 Å². The van der Waals surface area contributed by atoms with E-state index in [9.17, 15) is 4.39 Å². The van der Waals surface area contributed by atoms with E-state index in [2.05, 4.69) is 43.3 Å². The number of allylic oxidation sites excluding steroid dienone is 2. The molecule has 26 heavy (non-hydrogen) atoms. The average Bonchev–Trinajstić information content (AvgIpc) is 2.68. The molecule has 0 amide bonds. The number of aryl methyl sites for hydroxylation is 1. The van der Waals surface area contributed by atoms with Gasteiger partial charge in [0, 0.05) is 0 Å². The van der Waals surface area contributed by atoms with Gasteiger partial charge < -0.3 is 0 Å². The summed E-state index contributed by atoms with van der Waals surface area (Å²) in [6.45, 7) is 2.21. The summed E-state index contributed by atoms with van der Waals surface area (Å²) < 4.78 is 13.6. The van der Waals surface area contributed by atoms with Crippen molar-refractivity contribution in [2.24, 2.45) is 11.8 Å². The van der Waals surface area contributed by atoms with E-state index in [1.807, 2.05) is 6.07 Å². The van der Waals surface area contributed by atoms with E-state index in [1.165, 1.54) is 43.7 Å². The molecule has 1 fully saturated rings. The summed E-state index contributed by atoms with van der Waals surface area (Å²) >= 11 is 5.76. The molecule has 0 heterocycles. The number of hydrogen-bond donors (Lipinski definition) is 0. The molecule has 2 aromatic carbocycles. The van der Waals surface area contributed by atoms with Crippen LogP contribution in [-0.2, 0) is 6.42 Å². The summed E-state index contributed by atoms with van der Waals surface area (Å²) in [5.41, 5.74) is 3.28. The Bertz CT molecular complexity index is 724. The number of hydrogen-bond acceptors (Lipinski definition) is 0. The first kappa shape index (κ1) is 19.2. The van der Waals surface area contributed by atoms with Crippen molar-refractivity contribution in [1.82, 2.24) is 0 Å². The first-order valence-electron chi connectivity index (χ1n) is 9.86. The predicted octanol–water partition coefficient (Wildman–Crippen LogP) is 7.85. The van der Waals surface area contributed by atoms with Gasteiger partial charge in [-0.2, -0.15) is 0 Å². The van der Waals surface area contributed by atoms with Crippen LogP contribution in [0.15, 0.2) is 54.6 Å². The molecule has 0 aliphatic heterocycles. The van der Waals surface area contributed by atoms with Gasteiger partial charge in [0.25, 0.3) is 0 Å². The van der Waals surface area contributed by atoms with Crippen molar-refractivity contribution < 1.29 is 4.39 Å². The Morgan fingerprint density at radius 1 is 1.00 bits per heavy atom. The Morgan fingerprint density at radius 2 is 1.69 bits per heavy atom. The summed E-state index contributed by atoms with van der Waals surface area (Å²) in [7, 11) is 0. The lowest BCUT2D eigenvalue weighted by Crippen LogP contribution is -2.13. The minimum absolute atomic E-state index is 0.172. The Hall–Kier alpha value is -1.60. The lowest BCUT2D eigenvalue weighted by atomic mass is 9.79. The summed E-state index contributed by atoms with van der Waals surface area (Å²) in [6.07, 6.45) is 13.7. The molecule has 0 nitrogen and oxygen atoms in total. The number of benzene rings is 2. The minimum Gasteiger partial charge on any atom is -0.205 e. The van der Waals surface area contributed by atoms with Crippen LogP contribution in [0.4, 0.5) is 4.39 Å². The zero-order chi connectivity index (χ0) is 18.4. The van der Waals surface area contributed by atoms with Crippen molar-refractivity contribution in [2.45, 2.75) is 51.9 Å². The summed E-state index contributed by atoms with van der Waals surface area (Å²) in [5.74, 6) is 1.31. The third-order valence-electron chi connectivity index (χ3n) is 5.58. The Kier molecular flexibility index (Phi) is 6.91. The molecular weight excluding hydrogens is 343 g/mol. The second-order valence-corrected chi connectivity index (χ2v) is 7.89. The fraction of sp³-hybridized carbons (Fsp3) is 0.417. The summed E-state index contributed by atoms with van der Waals surface area (Å²) in [5, 5.41) is 0.172. The van der Waals surface area contributed by atoms with Gasteiger partial charge in [0.1, 0.15) is 5.82 Å². The monoisotopic (exact) mass is 370 g/mol. The third kappa shape index (κ3) is 5.20. The van der Waals surface area contributed by atoms with Gasteiger partial charge in [-0.05, 0) is 85.6 Å². The number of halogens is 2. The van der Waals surface area contributed by atoms with E-state index in [0.717, 1.165) is 35.8 Å². The van der Waals surface area contributed by atoms with E-state index >= 15 is 0 Å². The van der Waals surface area contributed by atoms with Crippen LogP contribution in [0.1, 0.15) is 51.0 Å². The maximum absolute atomic E-state index is 13.6. The molecule has 1 aliphatic carbocycles. The maximum atomic E-state index is 13.6. The second-order valence-electron chi connectivity index (χ2n) is 7.48. The highest BCUT2D eigenvalue weighted by atomic mass is 35.5. The van der Waals surface area contributed by atoms with Crippen LogP contribution in [0.5, 0.6) is 0 Å². The van der Waals surface area contributed by atoms with Gasteiger partial charge in [0.05, 0.1) is 5.02 Å². The SMILES string of the molecule is CCC=C[C@H]1CC[C@H](CCc2ccc(-c3ccc(Cl)c(F)c3)cc2)CC1. The Balaban J connectivity index is 1.50. The van der Waals surface area contributed by atoms with E-state index < -0.39 is 0 Å². The zero-order valence-corrected chi connectivity index (χ0v) is 16.3. The molecule has 0 atom stereocenters. The zero-order valence-electron chi connectivity index (χ0n) is 15.6. The lowest BCUT2D eigenvalue weighted by Gasteiger charge is -2.26. The van der Waals surface area contributed by atoms with Gasteiger partial charge in [-0.1, -0.05) is 61.0 Å². The molecule has 0 radical (unpaired) electrons. The molecule has 0 bridgehead atoms. The van der Waals surface area contributed by atoms with Crippen molar-refractivity contribution in [1.29, 1.82) is 0 Å². The average molecular weight is 371 g/mol. The maximum Gasteiger partial charge on any atom is 0.142 e. The lowest BCUT2D eigenvalue weighted by molar-refractivity contribution is 0.296. The molecule has 138 valence electrons. The Morgan fingerprint density at radius 3 is 2.35 bits per heavy atom. The van der Waals surface area contributed by atoms with Crippen molar-refractivity contribution in [3.8, 4) is 11.1 Å². The molecule has 2 heteroatoms. The van der Waals surface area contributed by atoms with E-state index in [4.69, 9.17) is 11.6 Å². The smallest absolute Gasteiger partial charge is 0.142 e. The van der Waals surface area contributed by atoms with Gasteiger partial charge in [0.15, 0.2) is 0 Å². The largest absolute Gasteiger partial charge is 0.205 e. The molecule has 0 saturated heterocycles. The van der Waals surface area contributed by atoms with Crippen molar-refractivity contribution in [3.63, 3.8) is 0 Å². The highest BCUT2D eigenvalue weighted by Crippen LogP contribution is 2.32. The van der Waals surface area contributed by atoms with Gasteiger partial charge in [-0.3, -0.25) is 0 Å². The van der Waals surface area contributed by atoms with Crippen LogP contribution in [-0.4, -0.2) is 0 Å². The highest BCUT2D eigenvalue weighted by molar-refractivity contribution is 6.30. The quantitative estimate of drug-likeness (QED) is 0.454. The van der Waals surface area contributed by atoms with E-state index in [1.54, 1.807) is 6.07 Å². The van der Waals surface area contributed by atoms with Crippen LogP contribution < -0.4 is 0 Å².